The van der Waals surface area contributed by atoms with Gasteiger partial charge >= 0.3 is 0 Å². The van der Waals surface area contributed by atoms with Crippen LogP contribution in [-0.2, 0) is 11.3 Å². The number of tetrazole rings is 1. The first-order valence-corrected chi connectivity index (χ1v) is 8.19. The molecule has 2 aromatic rings. The largest absolute Gasteiger partial charge is 0.493 e. The molecule has 1 unspecified atom stereocenters. The molecule has 0 spiro atoms. The van der Waals surface area contributed by atoms with E-state index in [1.54, 1.807) is 16.8 Å². The fourth-order valence-electron chi connectivity index (χ4n) is 2.22. The summed E-state index contributed by atoms with van der Waals surface area (Å²) in [6, 6.07) is 5.98. The van der Waals surface area contributed by atoms with Gasteiger partial charge in [-0.1, -0.05) is 11.8 Å². The predicted octanol–water partition coefficient (Wildman–Crippen LogP) is 2.16. The molecular weight excluding hydrogens is 307 g/mol. The van der Waals surface area contributed by atoms with Gasteiger partial charge in [0.15, 0.2) is 0 Å². The second-order valence-corrected chi connectivity index (χ2v) is 5.99. The molecule has 0 radical (unpaired) electrons. The summed E-state index contributed by atoms with van der Waals surface area (Å²) in [5.41, 5.74) is 0. The van der Waals surface area contributed by atoms with Crippen LogP contribution in [0, 0.1) is 5.82 Å². The van der Waals surface area contributed by atoms with Crippen molar-refractivity contribution in [3.63, 3.8) is 0 Å². The molecule has 1 fully saturated rings. The zero-order chi connectivity index (χ0) is 15.2. The maximum atomic E-state index is 12.8. The van der Waals surface area contributed by atoms with E-state index in [4.69, 9.17) is 9.47 Å². The summed E-state index contributed by atoms with van der Waals surface area (Å²) in [5.74, 6) is 1.10. The van der Waals surface area contributed by atoms with Gasteiger partial charge in [-0.05, 0) is 47.5 Å². The third kappa shape index (κ3) is 4.17. The van der Waals surface area contributed by atoms with Crippen molar-refractivity contribution in [3.05, 3.63) is 30.1 Å². The van der Waals surface area contributed by atoms with Crippen LogP contribution in [0.1, 0.15) is 12.8 Å². The van der Waals surface area contributed by atoms with Gasteiger partial charge in [-0.2, -0.15) is 0 Å². The summed E-state index contributed by atoms with van der Waals surface area (Å²) in [6.45, 7) is 2.01. The van der Waals surface area contributed by atoms with Crippen molar-refractivity contribution >= 4 is 11.8 Å². The molecule has 118 valence electrons. The first-order chi connectivity index (χ1) is 10.8. The van der Waals surface area contributed by atoms with Crippen LogP contribution in [0.4, 0.5) is 4.39 Å². The summed E-state index contributed by atoms with van der Waals surface area (Å²) >= 11 is 1.53. The molecule has 0 N–H and O–H groups in total. The molecule has 6 nitrogen and oxygen atoms in total. The molecule has 1 aliphatic heterocycles. The molecule has 0 aliphatic carbocycles. The van der Waals surface area contributed by atoms with Crippen molar-refractivity contribution < 1.29 is 13.9 Å². The van der Waals surface area contributed by atoms with Gasteiger partial charge in [0.05, 0.1) is 19.3 Å². The highest BCUT2D eigenvalue weighted by molar-refractivity contribution is 7.99. The number of hydrogen-bond acceptors (Lipinski definition) is 6. The number of hydrogen-bond donors (Lipinski definition) is 0. The molecule has 0 amide bonds. The summed E-state index contributed by atoms with van der Waals surface area (Å²) < 4.78 is 25.7. The average molecular weight is 324 g/mol. The monoisotopic (exact) mass is 324 g/mol. The van der Waals surface area contributed by atoms with Crippen LogP contribution in [0.2, 0.25) is 0 Å². The van der Waals surface area contributed by atoms with Crippen molar-refractivity contribution in [2.75, 3.05) is 19.0 Å². The summed E-state index contributed by atoms with van der Waals surface area (Å²) in [6.07, 6.45) is 2.36. The first-order valence-electron chi connectivity index (χ1n) is 7.20. The molecule has 1 aliphatic rings. The highest BCUT2D eigenvalue weighted by Crippen LogP contribution is 2.18. The molecule has 1 saturated heterocycles. The molecule has 1 atom stereocenters. The van der Waals surface area contributed by atoms with E-state index in [1.807, 2.05) is 0 Å². The number of rotatable bonds is 7. The maximum Gasteiger partial charge on any atom is 0.209 e. The molecular formula is C14H17FN4O2S. The average Bonchev–Trinajstić information content (AvgIpc) is 3.18. The Kier molecular flexibility index (Phi) is 5.23. The van der Waals surface area contributed by atoms with E-state index in [0.29, 0.717) is 24.7 Å². The van der Waals surface area contributed by atoms with E-state index < -0.39 is 0 Å². The number of nitrogens with zero attached hydrogens (tertiary/aromatic N) is 4. The lowest BCUT2D eigenvalue weighted by molar-refractivity contribution is 0.0912. The van der Waals surface area contributed by atoms with Gasteiger partial charge in [0, 0.05) is 12.4 Å². The highest BCUT2D eigenvalue weighted by Gasteiger charge is 2.18. The van der Waals surface area contributed by atoms with Gasteiger partial charge in [-0.25, -0.2) is 9.07 Å². The van der Waals surface area contributed by atoms with E-state index >= 15 is 0 Å². The molecule has 0 bridgehead atoms. The topological polar surface area (TPSA) is 62.1 Å². The zero-order valence-corrected chi connectivity index (χ0v) is 12.8. The van der Waals surface area contributed by atoms with Crippen molar-refractivity contribution in [1.82, 2.24) is 20.2 Å². The Labute approximate surface area is 132 Å². The Morgan fingerprint density at radius 3 is 3.00 bits per heavy atom. The minimum Gasteiger partial charge on any atom is -0.493 e. The highest BCUT2D eigenvalue weighted by atomic mass is 32.2. The van der Waals surface area contributed by atoms with Gasteiger partial charge in [-0.15, -0.1) is 5.10 Å². The maximum absolute atomic E-state index is 12.8. The normalized spacial score (nSPS) is 17.8. The Morgan fingerprint density at radius 2 is 2.23 bits per heavy atom. The van der Waals surface area contributed by atoms with Crippen molar-refractivity contribution in [2.24, 2.45) is 0 Å². The van der Waals surface area contributed by atoms with E-state index in [2.05, 4.69) is 15.5 Å². The van der Waals surface area contributed by atoms with E-state index in [-0.39, 0.29) is 11.9 Å². The van der Waals surface area contributed by atoms with Crippen molar-refractivity contribution in [1.29, 1.82) is 0 Å². The van der Waals surface area contributed by atoms with Crippen LogP contribution < -0.4 is 4.74 Å². The van der Waals surface area contributed by atoms with Crippen LogP contribution >= 0.6 is 11.8 Å². The lowest BCUT2D eigenvalue weighted by Gasteiger charge is -2.10. The smallest absolute Gasteiger partial charge is 0.209 e. The second-order valence-electron chi connectivity index (χ2n) is 4.93. The zero-order valence-electron chi connectivity index (χ0n) is 12.0. The number of ether oxygens (including phenoxy) is 2. The summed E-state index contributed by atoms with van der Waals surface area (Å²) in [7, 11) is 0. The van der Waals surface area contributed by atoms with Crippen LogP contribution in [0.25, 0.3) is 0 Å². The molecule has 8 heteroatoms. The van der Waals surface area contributed by atoms with Gasteiger partial charge in [0.2, 0.25) is 5.16 Å². The fraction of sp³-hybridized carbons (Fsp3) is 0.500. The first kappa shape index (κ1) is 15.2. The minimum absolute atomic E-state index is 0.207. The Hall–Kier alpha value is -1.67. The van der Waals surface area contributed by atoms with Crippen LogP contribution in [0.5, 0.6) is 5.75 Å². The van der Waals surface area contributed by atoms with E-state index in [9.17, 15) is 4.39 Å². The SMILES string of the molecule is Fc1ccc(OCCSc2nnnn2CC2CCCO2)cc1. The third-order valence-electron chi connectivity index (χ3n) is 3.30. The van der Waals surface area contributed by atoms with Crippen molar-refractivity contribution in [3.8, 4) is 5.75 Å². The fourth-order valence-corrected chi connectivity index (χ4v) is 2.92. The number of aromatic nitrogens is 4. The third-order valence-corrected chi connectivity index (χ3v) is 4.22. The molecule has 3 rings (SSSR count). The quantitative estimate of drug-likeness (QED) is 0.574. The Bertz CT molecular complexity index is 587. The van der Waals surface area contributed by atoms with Gasteiger partial charge in [0.1, 0.15) is 11.6 Å². The van der Waals surface area contributed by atoms with E-state index in [0.717, 1.165) is 24.6 Å². The Morgan fingerprint density at radius 1 is 1.36 bits per heavy atom. The molecule has 1 aromatic heterocycles. The minimum atomic E-state index is -0.268. The van der Waals surface area contributed by atoms with Crippen molar-refractivity contribution in [2.45, 2.75) is 30.6 Å². The molecule has 22 heavy (non-hydrogen) atoms. The predicted molar refractivity (Wildman–Crippen MR) is 79.4 cm³/mol. The second kappa shape index (κ2) is 7.55. The van der Waals surface area contributed by atoms with Crippen LogP contribution in [0.15, 0.2) is 29.4 Å². The Balaban J connectivity index is 1.43. The molecule has 2 heterocycles. The van der Waals surface area contributed by atoms with E-state index in [1.165, 1.54) is 23.9 Å². The van der Waals surface area contributed by atoms with Crippen LogP contribution in [0.3, 0.4) is 0 Å². The molecule has 1 aromatic carbocycles. The standard InChI is InChI=1S/C14H17FN4O2S/c15-11-3-5-12(6-4-11)21-8-9-22-14-16-17-18-19(14)10-13-2-1-7-20-13/h3-6,13H,1-2,7-10H2. The molecule has 0 saturated carbocycles. The number of thioether (sulfide) groups is 1. The number of halogens is 1. The lowest BCUT2D eigenvalue weighted by Crippen LogP contribution is -2.17. The van der Waals surface area contributed by atoms with Gasteiger partial charge in [-0.3, -0.25) is 0 Å². The van der Waals surface area contributed by atoms with Crippen LogP contribution in [-0.4, -0.2) is 45.3 Å². The summed E-state index contributed by atoms with van der Waals surface area (Å²) in [5, 5.41) is 12.5. The van der Waals surface area contributed by atoms with Gasteiger partial charge < -0.3 is 9.47 Å². The summed E-state index contributed by atoms with van der Waals surface area (Å²) in [4.78, 5) is 0. The number of benzene rings is 1. The van der Waals surface area contributed by atoms with Gasteiger partial charge in [0.25, 0.3) is 0 Å². The lowest BCUT2D eigenvalue weighted by atomic mass is 10.2.